The van der Waals surface area contributed by atoms with Crippen molar-refractivity contribution in [2.45, 2.75) is 31.7 Å². The number of carbonyl (C=O) groups excluding carboxylic acids is 2. The van der Waals surface area contributed by atoms with Crippen LogP contribution in [0.1, 0.15) is 39.0 Å². The van der Waals surface area contributed by atoms with E-state index in [9.17, 15) is 14.0 Å². The number of halogens is 2. The van der Waals surface area contributed by atoms with Crippen LogP contribution in [0.15, 0.2) is 42.7 Å². The van der Waals surface area contributed by atoms with E-state index in [0.717, 1.165) is 22.3 Å². The molecule has 12 heteroatoms. The second-order valence-electron chi connectivity index (χ2n) is 9.58. The van der Waals surface area contributed by atoms with Crippen LogP contribution in [0.3, 0.4) is 0 Å². The molecule has 39 heavy (non-hydrogen) atoms. The second-order valence-corrected chi connectivity index (χ2v) is 10.4. The fourth-order valence-corrected chi connectivity index (χ4v) is 5.44. The Balaban J connectivity index is 1.25. The summed E-state index contributed by atoms with van der Waals surface area (Å²) in [5.74, 6) is 0.209. The topological polar surface area (TPSA) is 102 Å². The number of fused-ring (bicyclic) bond motifs is 2. The minimum atomic E-state index is -0.553. The Hall–Kier alpha value is -3.83. The van der Waals surface area contributed by atoms with Crippen LogP contribution in [-0.4, -0.2) is 58.5 Å². The molecule has 0 radical (unpaired) electrons. The molecule has 0 spiro atoms. The van der Waals surface area contributed by atoms with Crippen molar-refractivity contribution in [2.75, 3.05) is 31.0 Å². The normalized spacial score (nSPS) is 16.2. The van der Waals surface area contributed by atoms with E-state index >= 15 is 0 Å². The first-order valence-electron chi connectivity index (χ1n) is 12.5. The van der Waals surface area contributed by atoms with Gasteiger partial charge in [0.25, 0.3) is 5.91 Å². The highest BCUT2D eigenvalue weighted by Gasteiger charge is 2.30. The lowest BCUT2D eigenvalue weighted by Crippen LogP contribution is -2.43. The van der Waals surface area contributed by atoms with E-state index in [0.29, 0.717) is 43.9 Å². The monoisotopic (exact) mass is 567 g/mol. The first-order chi connectivity index (χ1) is 18.7. The molecule has 9 nitrogen and oxygen atoms in total. The maximum Gasteiger partial charge on any atom is 0.253 e. The Bertz CT molecular complexity index is 1470. The number of amides is 2. The molecular formula is C27H27ClFN7O2S. The second kappa shape index (κ2) is 11.1. The number of rotatable bonds is 5. The smallest absolute Gasteiger partial charge is 0.253 e. The van der Waals surface area contributed by atoms with Crippen molar-refractivity contribution in [3.8, 4) is 0 Å². The minimum absolute atomic E-state index is 0.120. The number of benzene rings is 1. The third kappa shape index (κ3) is 5.64. The molecule has 0 saturated carbocycles. The summed E-state index contributed by atoms with van der Waals surface area (Å²) in [6, 6.07) is 8.05. The molecule has 1 aromatic carbocycles. The largest absolute Gasteiger partial charge is 0.344 e. The number of carbonyl (C=O) groups is 2. The number of nitrogens with one attached hydrogen (secondary N) is 3. The van der Waals surface area contributed by atoms with E-state index < -0.39 is 11.9 Å². The number of aryl methyl sites for hydroxylation is 1. The van der Waals surface area contributed by atoms with Crippen LogP contribution in [0.25, 0.3) is 0 Å². The number of likely N-dealkylation sites (tertiary alicyclic amines) is 1. The van der Waals surface area contributed by atoms with Gasteiger partial charge >= 0.3 is 0 Å². The summed E-state index contributed by atoms with van der Waals surface area (Å²) < 4.78 is 14.4. The summed E-state index contributed by atoms with van der Waals surface area (Å²) in [4.78, 5) is 35.1. The van der Waals surface area contributed by atoms with Crippen molar-refractivity contribution in [2.24, 2.45) is 0 Å². The van der Waals surface area contributed by atoms with Gasteiger partial charge in [0.05, 0.1) is 10.6 Å². The van der Waals surface area contributed by atoms with Gasteiger partial charge < -0.3 is 15.5 Å². The number of hydrogen-bond donors (Lipinski definition) is 3. The molecule has 3 heterocycles. The number of thiocarbonyl (C=S) groups is 1. The third-order valence-corrected chi connectivity index (χ3v) is 7.49. The molecule has 5 rings (SSSR count). The Morgan fingerprint density at radius 1 is 1.21 bits per heavy atom. The first kappa shape index (κ1) is 26.8. The summed E-state index contributed by atoms with van der Waals surface area (Å²) in [6.07, 6.45) is 5.52. The molecule has 1 fully saturated rings. The maximum absolute atomic E-state index is 14.4. The number of nitrogens with zero attached hydrogens (tertiary/aromatic N) is 4. The van der Waals surface area contributed by atoms with Crippen molar-refractivity contribution in [3.05, 3.63) is 81.4 Å². The number of likely N-dealkylation sites (N-methyl/N-ethyl adjacent to an activating group) is 1. The van der Waals surface area contributed by atoms with Crippen molar-refractivity contribution in [1.29, 1.82) is 0 Å². The van der Waals surface area contributed by atoms with Crippen LogP contribution < -0.4 is 21.1 Å². The number of anilines is 2. The van der Waals surface area contributed by atoms with E-state index in [-0.39, 0.29) is 27.4 Å². The molecular weight excluding hydrogens is 541 g/mol. The summed E-state index contributed by atoms with van der Waals surface area (Å²) in [7, 11) is 3.39. The molecule has 3 N–H and O–H groups in total. The molecule has 1 aliphatic carbocycles. The van der Waals surface area contributed by atoms with Crippen LogP contribution >= 0.6 is 23.8 Å². The molecule has 2 aliphatic rings. The number of hydrogen-bond acceptors (Lipinski definition) is 6. The maximum atomic E-state index is 14.4. The highest BCUT2D eigenvalue weighted by atomic mass is 35.5. The average molecular weight is 568 g/mol. The minimum Gasteiger partial charge on any atom is -0.344 e. The highest BCUT2D eigenvalue weighted by molar-refractivity contribution is 7.80. The average Bonchev–Trinajstić information content (AvgIpc) is 3.09. The first-order valence-corrected chi connectivity index (χ1v) is 13.3. The van der Waals surface area contributed by atoms with Gasteiger partial charge in [-0.3, -0.25) is 20.0 Å². The number of hydrazine groups is 1. The molecule has 3 aromatic rings. The zero-order valence-corrected chi connectivity index (χ0v) is 23.0. The van der Waals surface area contributed by atoms with Crippen LogP contribution in [0.5, 0.6) is 0 Å². The van der Waals surface area contributed by atoms with E-state index in [1.54, 1.807) is 31.3 Å². The van der Waals surface area contributed by atoms with Crippen LogP contribution in [0.4, 0.5) is 16.0 Å². The Labute approximate surface area is 235 Å². The fraction of sp³-hybridized carbons (Fsp3) is 0.296. The molecule has 0 bridgehead atoms. The quantitative estimate of drug-likeness (QED) is 0.319. The van der Waals surface area contributed by atoms with Gasteiger partial charge in [-0.25, -0.2) is 14.4 Å². The third-order valence-electron chi connectivity index (χ3n) is 7.02. The van der Waals surface area contributed by atoms with Crippen molar-refractivity contribution >= 4 is 52.4 Å². The lowest BCUT2D eigenvalue weighted by molar-refractivity contribution is -0.128. The zero-order valence-electron chi connectivity index (χ0n) is 21.4. The lowest BCUT2D eigenvalue weighted by Gasteiger charge is -2.23. The van der Waals surface area contributed by atoms with Gasteiger partial charge in [0.15, 0.2) is 10.9 Å². The molecule has 1 saturated heterocycles. The summed E-state index contributed by atoms with van der Waals surface area (Å²) in [5.41, 5.74) is 6.98. The van der Waals surface area contributed by atoms with Crippen molar-refractivity contribution in [1.82, 2.24) is 25.6 Å². The van der Waals surface area contributed by atoms with Gasteiger partial charge in [-0.2, -0.15) is 0 Å². The van der Waals surface area contributed by atoms with E-state index in [1.165, 1.54) is 23.3 Å². The summed E-state index contributed by atoms with van der Waals surface area (Å²) in [6.45, 7) is 0.597. The SMILES string of the molecule is CN1CC[C@@H](NC(=O)c2cnc(N(C)NC(=S)Nc3nccc4c3Cc3cccc(F)c3CC4)c(Cl)c2)C1=O. The molecule has 202 valence electrons. The molecule has 1 atom stereocenters. The van der Waals surface area contributed by atoms with Crippen molar-refractivity contribution < 1.29 is 14.0 Å². The highest BCUT2D eigenvalue weighted by Crippen LogP contribution is 2.29. The standard InChI is InChI=1S/C27H27ClFN7O2S/c1-35-11-9-22(26(35)38)32-25(37)17-13-20(28)24(31-14-17)36(2)34-27(39)33-23-19-12-16-4-3-5-21(29)18(16)7-6-15(19)8-10-30-23/h3-5,8,10,13-14,22H,6-7,9,11-12H2,1-2H3,(H,32,37)(H2,30,33,34,39)/t22-/m1/s1. The van der Waals surface area contributed by atoms with Gasteiger partial charge in [0.1, 0.15) is 17.7 Å². The summed E-state index contributed by atoms with van der Waals surface area (Å²) in [5, 5.41) is 7.88. The van der Waals surface area contributed by atoms with Crippen LogP contribution in [0, 0.1) is 5.82 Å². The molecule has 1 aliphatic heterocycles. The van der Waals surface area contributed by atoms with E-state index in [1.807, 2.05) is 12.1 Å². The van der Waals surface area contributed by atoms with Gasteiger partial charge in [0.2, 0.25) is 5.91 Å². The van der Waals surface area contributed by atoms with Crippen LogP contribution in [0.2, 0.25) is 5.02 Å². The van der Waals surface area contributed by atoms with Gasteiger partial charge in [0, 0.05) is 45.0 Å². The number of pyridine rings is 2. The van der Waals surface area contributed by atoms with Crippen molar-refractivity contribution in [3.63, 3.8) is 0 Å². The van der Waals surface area contributed by atoms with Crippen LogP contribution in [-0.2, 0) is 24.1 Å². The molecule has 2 amide bonds. The molecule has 2 aromatic heterocycles. The summed E-state index contributed by atoms with van der Waals surface area (Å²) >= 11 is 12.0. The Morgan fingerprint density at radius 2 is 2.03 bits per heavy atom. The molecule has 0 unspecified atom stereocenters. The zero-order chi connectivity index (χ0) is 27.7. The predicted molar refractivity (Wildman–Crippen MR) is 151 cm³/mol. The van der Waals surface area contributed by atoms with Gasteiger partial charge in [-0.15, -0.1) is 0 Å². The predicted octanol–water partition coefficient (Wildman–Crippen LogP) is 3.26. The van der Waals surface area contributed by atoms with E-state index in [4.69, 9.17) is 23.8 Å². The lowest BCUT2D eigenvalue weighted by atomic mass is 10.0. The Kier molecular flexibility index (Phi) is 7.62. The number of aromatic nitrogens is 2. The van der Waals surface area contributed by atoms with Gasteiger partial charge in [-0.05, 0) is 66.4 Å². The van der Waals surface area contributed by atoms with E-state index in [2.05, 4.69) is 26.0 Å². The fourth-order valence-electron chi connectivity index (χ4n) is 4.91. The Morgan fingerprint density at radius 3 is 2.77 bits per heavy atom. The van der Waals surface area contributed by atoms with Gasteiger partial charge in [-0.1, -0.05) is 23.7 Å².